The van der Waals surface area contributed by atoms with Gasteiger partial charge in [-0.15, -0.1) is 0 Å². The minimum absolute atomic E-state index is 0.0312. The fourth-order valence-electron chi connectivity index (χ4n) is 1.98. The first kappa shape index (κ1) is 16.4. The molecule has 23 heavy (non-hydrogen) atoms. The van der Waals surface area contributed by atoms with Crippen LogP contribution in [0.4, 0.5) is 0 Å². The fraction of sp³-hybridized carbons (Fsp3) is 0.0556. The number of nitrogens with one attached hydrogen (secondary N) is 1. The van der Waals surface area contributed by atoms with Crippen LogP contribution in [0.1, 0.15) is 15.9 Å². The summed E-state index contributed by atoms with van der Waals surface area (Å²) >= 11 is 5.85. The molecule has 0 aliphatic carbocycles. The molecule has 2 rings (SSSR count). The zero-order chi connectivity index (χ0) is 16.8. The molecule has 0 bridgehead atoms. The minimum Gasteiger partial charge on any atom is -0.282 e. The molecule has 1 aromatic carbocycles. The second-order valence-electron chi connectivity index (χ2n) is 4.80. The number of carbonyl (C=O) groups excluding carboxylic acids is 1. The number of nitriles is 1. The molecule has 0 amide bonds. The second kappa shape index (κ2) is 7.33. The van der Waals surface area contributed by atoms with Gasteiger partial charge in [0.05, 0.1) is 0 Å². The molecule has 0 atom stereocenters. The molecule has 1 heterocycles. The summed E-state index contributed by atoms with van der Waals surface area (Å²) in [5.74, 6) is 1.75. The van der Waals surface area contributed by atoms with E-state index in [1.165, 1.54) is 6.08 Å². The Kier molecular flexibility index (Phi) is 5.22. The first-order chi connectivity index (χ1) is 11.0. The maximum Gasteiger partial charge on any atom is 0.260 e. The molecule has 0 radical (unpaired) electrons. The summed E-state index contributed by atoms with van der Waals surface area (Å²) in [5.41, 5.74) is 1.63. The predicted molar refractivity (Wildman–Crippen MR) is 88.3 cm³/mol. The zero-order valence-electron chi connectivity index (χ0n) is 12.4. The Bertz CT molecular complexity index is 870. The Hall–Kier alpha value is -2.99. The maximum atomic E-state index is 12.8. The Morgan fingerprint density at radius 3 is 2.57 bits per heavy atom. The molecule has 0 aliphatic heterocycles. The molecule has 0 aliphatic rings. The highest BCUT2D eigenvalue weighted by atomic mass is 35.5. The third kappa shape index (κ3) is 4.02. The van der Waals surface area contributed by atoms with Crippen molar-refractivity contribution in [2.75, 3.05) is 0 Å². The molecule has 5 heteroatoms. The van der Waals surface area contributed by atoms with Crippen molar-refractivity contribution < 1.29 is 9.36 Å². The lowest BCUT2D eigenvalue weighted by Crippen LogP contribution is -2.36. The quantitative estimate of drug-likeness (QED) is 0.234. The van der Waals surface area contributed by atoms with E-state index in [-0.39, 0.29) is 17.1 Å². The molecular weight excluding hydrogens is 310 g/mol. The van der Waals surface area contributed by atoms with Crippen LogP contribution in [0.25, 0.3) is 5.70 Å². The van der Waals surface area contributed by atoms with Gasteiger partial charge in [-0.3, -0.25) is 10.2 Å². The van der Waals surface area contributed by atoms with Crippen LogP contribution in [-0.2, 0) is 0 Å². The molecule has 0 unspecified atom stereocenters. The van der Waals surface area contributed by atoms with Gasteiger partial charge in [0.25, 0.3) is 11.5 Å². The van der Waals surface area contributed by atoms with Gasteiger partial charge in [0.15, 0.2) is 12.4 Å². The average molecular weight is 323 g/mol. The monoisotopic (exact) mass is 322 g/mol. The standard InChI is InChI=1S/C18H13ClN3O/c1-13-3-2-8-22(12-13)17(9-14(10-20)11-21)18(23)15-4-6-16(19)7-5-15/h2-9,12,20H,1H3/q+1. The lowest BCUT2D eigenvalue weighted by atomic mass is 10.1. The van der Waals surface area contributed by atoms with Gasteiger partial charge in [-0.05, 0) is 43.1 Å². The van der Waals surface area contributed by atoms with Crippen LogP contribution in [0.3, 0.4) is 0 Å². The van der Waals surface area contributed by atoms with Crippen molar-refractivity contribution in [2.45, 2.75) is 6.92 Å². The van der Waals surface area contributed by atoms with Gasteiger partial charge < -0.3 is 0 Å². The molecule has 112 valence electrons. The number of rotatable bonds is 4. The molecule has 1 aromatic heterocycles. The smallest absolute Gasteiger partial charge is 0.260 e. The van der Waals surface area contributed by atoms with Gasteiger partial charge in [0.1, 0.15) is 11.6 Å². The van der Waals surface area contributed by atoms with E-state index in [9.17, 15) is 4.79 Å². The number of aryl methyl sites for hydroxylation is 1. The van der Waals surface area contributed by atoms with Crippen molar-refractivity contribution >= 4 is 29.0 Å². The molecule has 0 fully saturated rings. The van der Waals surface area contributed by atoms with Crippen LogP contribution in [0, 0.1) is 23.7 Å². The Balaban J connectivity index is 2.58. The number of ketones is 1. The fourth-order valence-corrected chi connectivity index (χ4v) is 2.11. The van der Waals surface area contributed by atoms with E-state index in [1.807, 2.05) is 24.9 Å². The van der Waals surface area contributed by atoms with Gasteiger partial charge in [-0.1, -0.05) is 11.6 Å². The van der Waals surface area contributed by atoms with Crippen molar-refractivity contribution in [1.29, 1.82) is 10.7 Å². The summed E-state index contributed by atoms with van der Waals surface area (Å²) in [6, 6.07) is 12.0. The highest BCUT2D eigenvalue weighted by molar-refractivity contribution is 6.31. The number of pyridine rings is 1. The van der Waals surface area contributed by atoms with Gasteiger partial charge in [-0.25, -0.2) is 0 Å². The Morgan fingerprint density at radius 2 is 2.00 bits per heavy atom. The third-order valence-corrected chi connectivity index (χ3v) is 3.35. The maximum absolute atomic E-state index is 12.8. The molecule has 1 N–H and O–H groups in total. The number of nitrogens with zero attached hydrogens (tertiary/aromatic N) is 2. The lowest BCUT2D eigenvalue weighted by molar-refractivity contribution is -0.577. The largest absolute Gasteiger partial charge is 0.282 e. The van der Waals surface area contributed by atoms with E-state index in [2.05, 4.69) is 0 Å². The lowest BCUT2D eigenvalue weighted by Gasteiger charge is -2.02. The van der Waals surface area contributed by atoms with Crippen molar-refractivity contribution in [1.82, 2.24) is 0 Å². The molecule has 4 nitrogen and oxygen atoms in total. The highest BCUT2D eigenvalue weighted by Gasteiger charge is 2.22. The number of hydrogen-bond acceptors (Lipinski definition) is 3. The number of carbonyl (C=O) groups is 1. The molecule has 2 aromatic rings. The first-order valence-electron chi connectivity index (χ1n) is 6.75. The third-order valence-electron chi connectivity index (χ3n) is 3.10. The van der Waals surface area contributed by atoms with E-state index in [0.29, 0.717) is 10.6 Å². The second-order valence-corrected chi connectivity index (χ2v) is 5.24. The number of halogens is 1. The van der Waals surface area contributed by atoms with E-state index in [4.69, 9.17) is 22.3 Å². The van der Waals surface area contributed by atoms with Crippen LogP contribution in [-0.4, -0.2) is 11.7 Å². The molecule has 0 spiro atoms. The number of aromatic nitrogens is 1. The predicted octanol–water partition coefficient (Wildman–Crippen LogP) is 3.36. The normalized spacial score (nSPS) is 10.6. The number of benzene rings is 1. The van der Waals surface area contributed by atoms with Crippen molar-refractivity contribution in [3.05, 3.63) is 76.6 Å². The van der Waals surface area contributed by atoms with Gasteiger partial charge >= 0.3 is 0 Å². The van der Waals surface area contributed by atoms with Crippen LogP contribution in [0.5, 0.6) is 0 Å². The van der Waals surface area contributed by atoms with Crippen LogP contribution in [0.15, 0.2) is 60.4 Å². The number of Topliss-reactive ketones (excluding diaryl/α,β-unsaturated/α-hetero) is 1. The highest BCUT2D eigenvalue weighted by Crippen LogP contribution is 2.14. The summed E-state index contributed by atoms with van der Waals surface area (Å²) in [6.45, 7) is 1.90. The average Bonchev–Trinajstić information content (AvgIpc) is 2.56. The SMILES string of the molecule is Cc1ccc[n+](C(=CC(=C=N)C#N)C(=O)c2ccc(Cl)cc2)c1. The van der Waals surface area contributed by atoms with Gasteiger partial charge in [-0.2, -0.15) is 9.83 Å². The van der Waals surface area contributed by atoms with E-state index in [1.54, 1.807) is 47.3 Å². The van der Waals surface area contributed by atoms with Gasteiger partial charge in [0, 0.05) is 28.3 Å². The summed E-state index contributed by atoms with van der Waals surface area (Å²) in [7, 11) is 0. The van der Waals surface area contributed by atoms with E-state index < -0.39 is 0 Å². The molecular formula is C18H13ClN3O+. The van der Waals surface area contributed by atoms with Crippen molar-refractivity contribution in [3.63, 3.8) is 0 Å². The molecule has 0 saturated heterocycles. The zero-order valence-corrected chi connectivity index (χ0v) is 13.1. The van der Waals surface area contributed by atoms with Crippen LogP contribution in [0.2, 0.25) is 5.02 Å². The van der Waals surface area contributed by atoms with Crippen LogP contribution < -0.4 is 4.57 Å². The molecule has 0 saturated carbocycles. The first-order valence-corrected chi connectivity index (χ1v) is 7.13. The summed E-state index contributed by atoms with van der Waals surface area (Å²) < 4.78 is 1.63. The van der Waals surface area contributed by atoms with Crippen molar-refractivity contribution in [2.24, 2.45) is 0 Å². The topological polar surface area (TPSA) is 68.6 Å². The summed E-state index contributed by atoms with van der Waals surface area (Å²) in [4.78, 5) is 12.8. The van der Waals surface area contributed by atoms with Crippen molar-refractivity contribution in [3.8, 4) is 6.07 Å². The van der Waals surface area contributed by atoms with E-state index >= 15 is 0 Å². The number of allylic oxidation sites excluding steroid dienone is 3. The minimum atomic E-state index is -0.278. The van der Waals surface area contributed by atoms with Crippen LogP contribution >= 0.6 is 11.6 Å². The Labute approximate surface area is 139 Å². The van der Waals surface area contributed by atoms with E-state index in [0.717, 1.165) is 5.56 Å². The van der Waals surface area contributed by atoms with Gasteiger partial charge in [0.2, 0.25) is 0 Å². The number of hydrogen-bond donors (Lipinski definition) is 1. The summed E-state index contributed by atoms with van der Waals surface area (Å²) in [6.07, 6.45) is 4.84. The Morgan fingerprint density at radius 1 is 1.30 bits per heavy atom. The summed E-state index contributed by atoms with van der Waals surface area (Å²) in [5, 5.41) is 16.7.